The molecule has 2 rings (SSSR count). The van der Waals surface area contributed by atoms with Crippen molar-refractivity contribution in [3.8, 4) is 0 Å². The van der Waals surface area contributed by atoms with Gasteiger partial charge in [-0.2, -0.15) is 0 Å². The van der Waals surface area contributed by atoms with Gasteiger partial charge in [0.25, 0.3) is 0 Å². The second-order valence-corrected chi connectivity index (χ2v) is 4.17. The molecule has 0 saturated carbocycles. The minimum absolute atomic E-state index is 1.09. The van der Waals surface area contributed by atoms with Crippen LogP contribution in [0.3, 0.4) is 0 Å². The average Bonchev–Trinajstić information content (AvgIpc) is 2.44. The first-order valence-electron chi connectivity index (χ1n) is 4.46. The summed E-state index contributed by atoms with van der Waals surface area (Å²) in [6.07, 6.45) is 1.09. The molecule has 0 unspecified atom stereocenters. The molecule has 0 spiro atoms. The Morgan fingerprint density at radius 3 is 2.77 bits per heavy atom. The highest BCUT2D eigenvalue weighted by Gasteiger charge is 2.03. The normalized spacial score (nSPS) is 11.0. The third kappa shape index (κ3) is 1.39. The number of benzene rings is 1. The molecule has 13 heavy (non-hydrogen) atoms. The molecule has 0 fully saturated rings. The Hall–Kier alpha value is -0.760. The zero-order valence-corrected chi connectivity index (χ0v) is 9.43. The fourth-order valence-corrected chi connectivity index (χ4v) is 2.05. The highest BCUT2D eigenvalue weighted by atomic mass is 79.9. The zero-order valence-electron chi connectivity index (χ0n) is 7.84. The minimum Gasteiger partial charge on any atom is -0.348 e. The Bertz CT molecular complexity index is 443. The third-order valence-electron chi connectivity index (χ3n) is 2.47. The average molecular weight is 238 g/mol. The first-order chi connectivity index (χ1) is 6.22. The van der Waals surface area contributed by atoms with Crippen molar-refractivity contribution in [2.24, 2.45) is 7.05 Å². The molecule has 0 radical (unpaired) electrons. The topological polar surface area (TPSA) is 4.93 Å². The number of nitrogens with zero attached hydrogens (tertiary/aromatic N) is 1. The van der Waals surface area contributed by atoms with Crippen LogP contribution in [0.5, 0.6) is 0 Å². The maximum atomic E-state index is 3.48. The lowest BCUT2D eigenvalue weighted by molar-refractivity contribution is 0.865. The second-order valence-electron chi connectivity index (χ2n) is 3.25. The third-order valence-corrected chi connectivity index (χ3v) is 2.96. The van der Waals surface area contributed by atoms with Crippen molar-refractivity contribution in [3.63, 3.8) is 0 Å². The summed E-state index contributed by atoms with van der Waals surface area (Å²) in [4.78, 5) is 0. The van der Waals surface area contributed by atoms with Crippen LogP contribution in [-0.4, -0.2) is 4.57 Å². The molecule has 0 aliphatic heterocycles. The molecule has 0 bridgehead atoms. The van der Waals surface area contributed by atoms with E-state index in [9.17, 15) is 0 Å². The molecule has 2 aromatic rings. The zero-order chi connectivity index (χ0) is 9.42. The second kappa shape index (κ2) is 3.18. The quantitative estimate of drug-likeness (QED) is 0.716. The maximum Gasteiger partial charge on any atom is 0.0491 e. The van der Waals surface area contributed by atoms with Crippen molar-refractivity contribution in [1.29, 1.82) is 0 Å². The van der Waals surface area contributed by atoms with Gasteiger partial charge in [0.05, 0.1) is 0 Å². The number of aryl methyl sites for hydroxylation is 2. The van der Waals surface area contributed by atoms with Gasteiger partial charge in [-0.25, -0.2) is 0 Å². The van der Waals surface area contributed by atoms with Gasteiger partial charge in [0, 0.05) is 22.7 Å². The van der Waals surface area contributed by atoms with Crippen LogP contribution in [-0.2, 0) is 13.5 Å². The fourth-order valence-electron chi connectivity index (χ4n) is 1.70. The van der Waals surface area contributed by atoms with Crippen molar-refractivity contribution in [2.45, 2.75) is 13.3 Å². The van der Waals surface area contributed by atoms with Gasteiger partial charge in [0.15, 0.2) is 0 Å². The Labute approximate surface area is 86.5 Å². The van der Waals surface area contributed by atoms with Crippen molar-refractivity contribution in [2.75, 3.05) is 0 Å². The number of hydrogen-bond acceptors (Lipinski definition) is 0. The number of aromatic nitrogens is 1. The molecule has 0 saturated heterocycles. The van der Waals surface area contributed by atoms with Crippen LogP contribution < -0.4 is 0 Å². The van der Waals surface area contributed by atoms with E-state index in [-0.39, 0.29) is 0 Å². The Morgan fingerprint density at radius 2 is 2.08 bits per heavy atom. The van der Waals surface area contributed by atoms with Crippen molar-refractivity contribution in [3.05, 3.63) is 34.4 Å². The van der Waals surface area contributed by atoms with Crippen LogP contribution in [0.15, 0.2) is 28.7 Å². The summed E-state index contributed by atoms with van der Waals surface area (Å²) in [5.41, 5.74) is 2.68. The summed E-state index contributed by atoms with van der Waals surface area (Å²) >= 11 is 3.48. The van der Waals surface area contributed by atoms with E-state index >= 15 is 0 Å². The molecule has 0 N–H and O–H groups in total. The van der Waals surface area contributed by atoms with E-state index in [4.69, 9.17) is 0 Å². The van der Waals surface area contributed by atoms with Gasteiger partial charge >= 0.3 is 0 Å². The molecule has 1 heterocycles. The summed E-state index contributed by atoms with van der Waals surface area (Å²) < 4.78 is 3.39. The summed E-state index contributed by atoms with van der Waals surface area (Å²) in [6, 6.07) is 8.65. The SMILES string of the molecule is CCc1cc2ccc(Br)cc2n1C. The van der Waals surface area contributed by atoms with Gasteiger partial charge in [0.2, 0.25) is 0 Å². The highest BCUT2D eigenvalue weighted by Crippen LogP contribution is 2.22. The number of fused-ring (bicyclic) bond motifs is 1. The first kappa shape index (κ1) is 8.82. The lowest BCUT2D eigenvalue weighted by Gasteiger charge is -2.00. The van der Waals surface area contributed by atoms with Crippen LogP contribution >= 0.6 is 15.9 Å². The molecule has 0 atom stereocenters. The summed E-state index contributed by atoms with van der Waals surface area (Å²) in [6.45, 7) is 2.18. The van der Waals surface area contributed by atoms with Crippen LogP contribution in [0, 0.1) is 0 Å². The largest absolute Gasteiger partial charge is 0.348 e. The van der Waals surface area contributed by atoms with Crippen LogP contribution in [0.2, 0.25) is 0 Å². The highest BCUT2D eigenvalue weighted by molar-refractivity contribution is 9.10. The smallest absolute Gasteiger partial charge is 0.0491 e. The molecule has 0 aliphatic rings. The summed E-state index contributed by atoms with van der Waals surface area (Å²) in [5.74, 6) is 0. The van der Waals surface area contributed by atoms with Gasteiger partial charge in [-0.3, -0.25) is 0 Å². The standard InChI is InChI=1S/C11H12BrN/c1-3-10-6-8-4-5-9(12)7-11(8)13(10)2/h4-7H,3H2,1-2H3. The fraction of sp³-hybridized carbons (Fsp3) is 0.273. The minimum atomic E-state index is 1.09. The van der Waals surface area contributed by atoms with Gasteiger partial charge in [-0.15, -0.1) is 0 Å². The summed E-state index contributed by atoms with van der Waals surface area (Å²) in [7, 11) is 2.12. The van der Waals surface area contributed by atoms with Gasteiger partial charge in [0.1, 0.15) is 0 Å². The van der Waals surface area contributed by atoms with Crippen molar-refractivity contribution < 1.29 is 0 Å². The molecule has 0 aliphatic carbocycles. The number of halogens is 1. The monoisotopic (exact) mass is 237 g/mol. The van der Waals surface area contributed by atoms with Gasteiger partial charge < -0.3 is 4.57 Å². The van der Waals surface area contributed by atoms with E-state index < -0.39 is 0 Å². The molecular weight excluding hydrogens is 226 g/mol. The Kier molecular flexibility index (Phi) is 2.16. The Morgan fingerprint density at radius 1 is 1.31 bits per heavy atom. The molecular formula is C11H12BrN. The lowest BCUT2D eigenvalue weighted by Crippen LogP contribution is -1.92. The van der Waals surface area contributed by atoms with E-state index in [1.54, 1.807) is 0 Å². The van der Waals surface area contributed by atoms with Crippen LogP contribution in [0.4, 0.5) is 0 Å². The van der Waals surface area contributed by atoms with E-state index in [2.05, 4.69) is 58.7 Å². The first-order valence-corrected chi connectivity index (χ1v) is 5.25. The van der Waals surface area contributed by atoms with E-state index in [0.29, 0.717) is 0 Å². The van der Waals surface area contributed by atoms with Crippen molar-refractivity contribution in [1.82, 2.24) is 4.57 Å². The maximum absolute atomic E-state index is 3.48. The number of rotatable bonds is 1. The van der Waals surface area contributed by atoms with E-state index in [1.165, 1.54) is 16.6 Å². The van der Waals surface area contributed by atoms with E-state index in [0.717, 1.165) is 10.9 Å². The Balaban J connectivity index is 2.77. The molecule has 2 heteroatoms. The van der Waals surface area contributed by atoms with Crippen LogP contribution in [0.1, 0.15) is 12.6 Å². The molecule has 0 amide bonds. The van der Waals surface area contributed by atoms with Crippen molar-refractivity contribution >= 4 is 26.8 Å². The van der Waals surface area contributed by atoms with E-state index in [1.807, 2.05) is 0 Å². The molecule has 1 aromatic heterocycles. The predicted octanol–water partition coefficient (Wildman–Crippen LogP) is 3.50. The van der Waals surface area contributed by atoms with Gasteiger partial charge in [-0.05, 0) is 30.0 Å². The number of hydrogen-bond donors (Lipinski definition) is 0. The predicted molar refractivity (Wildman–Crippen MR) is 60.0 cm³/mol. The molecule has 1 nitrogen and oxygen atoms in total. The lowest BCUT2D eigenvalue weighted by atomic mass is 10.2. The summed E-state index contributed by atoms with van der Waals surface area (Å²) in [5, 5.41) is 1.32. The van der Waals surface area contributed by atoms with Gasteiger partial charge in [-0.1, -0.05) is 28.9 Å². The van der Waals surface area contributed by atoms with Crippen LogP contribution in [0.25, 0.3) is 10.9 Å². The molecule has 68 valence electrons. The molecule has 1 aromatic carbocycles.